The van der Waals surface area contributed by atoms with Gasteiger partial charge in [-0.05, 0) is 50.2 Å². The molecule has 0 spiro atoms. The van der Waals surface area contributed by atoms with Crippen molar-refractivity contribution in [3.8, 4) is 0 Å². The Morgan fingerprint density at radius 3 is 2.76 bits per heavy atom. The Labute approximate surface area is 125 Å². The lowest BCUT2D eigenvalue weighted by molar-refractivity contribution is 0.325. The van der Waals surface area contributed by atoms with Crippen molar-refractivity contribution < 1.29 is 0 Å². The summed E-state index contributed by atoms with van der Waals surface area (Å²) in [5.41, 5.74) is 2.52. The van der Waals surface area contributed by atoms with E-state index in [1.165, 1.54) is 61.8 Å². The number of hydrogen-bond acceptors (Lipinski definition) is 2. The molecule has 3 unspecified atom stereocenters. The summed E-state index contributed by atoms with van der Waals surface area (Å²) < 4.78 is 2.55. The quantitative estimate of drug-likeness (QED) is 0.903. The smallest absolute Gasteiger partial charge is 0.127 e. The standard InChI is InChI=1S/C18H23N3/c1-2-6-14-12(5-1)11-16(19-14)18-20-15-7-3-4-8-17(15)21(18)13-9-10-13/h3-4,7-8,12-14,16,19H,1-2,5-6,9-11H2. The average Bonchev–Trinajstić information content (AvgIpc) is 3.14. The molecule has 0 amide bonds. The Bertz CT molecular complexity index is 656. The van der Waals surface area contributed by atoms with Gasteiger partial charge in [0.05, 0.1) is 17.1 Å². The Morgan fingerprint density at radius 1 is 1.05 bits per heavy atom. The SMILES string of the molecule is c1ccc2c(c1)nc(C1CC3CCCCC3N1)n2C1CC1. The second-order valence-corrected chi connectivity index (χ2v) is 7.17. The van der Waals surface area contributed by atoms with Gasteiger partial charge in [-0.25, -0.2) is 4.98 Å². The predicted molar refractivity (Wildman–Crippen MR) is 84.2 cm³/mol. The Morgan fingerprint density at radius 2 is 1.90 bits per heavy atom. The van der Waals surface area contributed by atoms with Crippen molar-refractivity contribution in [2.24, 2.45) is 5.92 Å². The van der Waals surface area contributed by atoms with E-state index >= 15 is 0 Å². The molecule has 2 aromatic rings. The summed E-state index contributed by atoms with van der Waals surface area (Å²) in [6.45, 7) is 0. The first-order valence-corrected chi connectivity index (χ1v) is 8.63. The van der Waals surface area contributed by atoms with Crippen LogP contribution in [-0.2, 0) is 0 Å². The van der Waals surface area contributed by atoms with Gasteiger partial charge in [-0.1, -0.05) is 25.0 Å². The lowest BCUT2D eigenvalue weighted by Crippen LogP contribution is -2.31. The van der Waals surface area contributed by atoms with Crippen molar-refractivity contribution >= 4 is 11.0 Å². The van der Waals surface area contributed by atoms with Gasteiger partial charge in [0.1, 0.15) is 5.82 Å². The molecule has 3 atom stereocenters. The highest BCUT2D eigenvalue weighted by Gasteiger charge is 2.39. The van der Waals surface area contributed by atoms with Crippen LogP contribution in [0.2, 0.25) is 0 Å². The van der Waals surface area contributed by atoms with Crippen molar-refractivity contribution in [1.82, 2.24) is 14.9 Å². The second-order valence-electron chi connectivity index (χ2n) is 7.17. The Hall–Kier alpha value is -1.35. The van der Waals surface area contributed by atoms with Crippen LogP contribution in [0, 0.1) is 5.92 Å². The molecule has 3 nitrogen and oxygen atoms in total. The highest BCUT2D eigenvalue weighted by Crippen LogP contribution is 2.44. The summed E-state index contributed by atoms with van der Waals surface area (Å²) in [6, 6.07) is 10.6. The number of para-hydroxylation sites is 2. The van der Waals surface area contributed by atoms with Crippen molar-refractivity contribution in [2.75, 3.05) is 0 Å². The van der Waals surface area contributed by atoms with Crippen LogP contribution in [0.3, 0.4) is 0 Å². The van der Waals surface area contributed by atoms with Gasteiger partial charge in [0.25, 0.3) is 0 Å². The van der Waals surface area contributed by atoms with Gasteiger partial charge in [0.15, 0.2) is 0 Å². The summed E-state index contributed by atoms with van der Waals surface area (Å²) in [5.74, 6) is 2.20. The molecule has 1 aliphatic heterocycles. The maximum absolute atomic E-state index is 5.01. The fraction of sp³-hybridized carbons (Fsp3) is 0.611. The molecule has 3 fully saturated rings. The minimum Gasteiger partial charge on any atom is -0.324 e. The molecule has 1 saturated heterocycles. The molecule has 3 heteroatoms. The third-order valence-corrected chi connectivity index (χ3v) is 5.71. The van der Waals surface area contributed by atoms with E-state index in [0.29, 0.717) is 12.1 Å². The molecule has 1 aromatic heterocycles. The number of aromatic nitrogens is 2. The molecule has 2 heterocycles. The van der Waals surface area contributed by atoms with Crippen LogP contribution >= 0.6 is 0 Å². The third-order valence-electron chi connectivity index (χ3n) is 5.71. The Balaban J connectivity index is 1.56. The van der Waals surface area contributed by atoms with E-state index in [0.717, 1.165) is 12.0 Å². The molecule has 2 saturated carbocycles. The van der Waals surface area contributed by atoms with Crippen molar-refractivity contribution in [2.45, 2.75) is 63.1 Å². The van der Waals surface area contributed by atoms with Crippen LogP contribution in [0.25, 0.3) is 11.0 Å². The molecule has 0 radical (unpaired) electrons. The summed E-state index contributed by atoms with van der Waals surface area (Å²) >= 11 is 0. The van der Waals surface area contributed by atoms with Crippen molar-refractivity contribution in [1.29, 1.82) is 0 Å². The van der Waals surface area contributed by atoms with Gasteiger partial charge in [-0.2, -0.15) is 0 Å². The highest BCUT2D eigenvalue weighted by molar-refractivity contribution is 5.76. The van der Waals surface area contributed by atoms with Gasteiger partial charge in [-0.15, -0.1) is 0 Å². The molecular formula is C18H23N3. The zero-order chi connectivity index (χ0) is 13.8. The number of imidazole rings is 1. The molecule has 3 aliphatic rings. The van der Waals surface area contributed by atoms with Crippen LogP contribution in [0.1, 0.15) is 62.9 Å². The maximum Gasteiger partial charge on any atom is 0.127 e. The minimum absolute atomic E-state index is 0.478. The molecule has 21 heavy (non-hydrogen) atoms. The zero-order valence-electron chi connectivity index (χ0n) is 12.5. The van der Waals surface area contributed by atoms with E-state index < -0.39 is 0 Å². The number of benzene rings is 1. The number of nitrogens with one attached hydrogen (secondary N) is 1. The molecule has 1 aromatic carbocycles. The van der Waals surface area contributed by atoms with Gasteiger partial charge in [-0.3, -0.25) is 0 Å². The maximum atomic E-state index is 5.01. The van der Waals surface area contributed by atoms with Gasteiger partial charge in [0, 0.05) is 12.1 Å². The number of rotatable bonds is 2. The average molecular weight is 281 g/mol. The van der Waals surface area contributed by atoms with Gasteiger partial charge >= 0.3 is 0 Å². The van der Waals surface area contributed by atoms with E-state index in [-0.39, 0.29) is 0 Å². The first kappa shape index (κ1) is 12.2. The van der Waals surface area contributed by atoms with Crippen molar-refractivity contribution in [3.05, 3.63) is 30.1 Å². The topological polar surface area (TPSA) is 29.9 Å². The highest BCUT2D eigenvalue weighted by atomic mass is 15.2. The number of nitrogens with zero attached hydrogens (tertiary/aromatic N) is 2. The summed E-state index contributed by atoms with van der Waals surface area (Å²) in [4.78, 5) is 5.01. The van der Waals surface area contributed by atoms with Crippen molar-refractivity contribution in [3.63, 3.8) is 0 Å². The van der Waals surface area contributed by atoms with E-state index in [1.54, 1.807) is 0 Å². The lowest BCUT2D eigenvalue weighted by atomic mass is 9.85. The fourth-order valence-electron chi connectivity index (χ4n) is 4.54. The number of fused-ring (bicyclic) bond motifs is 2. The minimum atomic E-state index is 0.478. The Kier molecular flexibility index (Phi) is 2.66. The van der Waals surface area contributed by atoms with E-state index in [4.69, 9.17) is 4.98 Å². The summed E-state index contributed by atoms with van der Waals surface area (Å²) in [6.07, 6.45) is 9.55. The molecule has 5 rings (SSSR count). The van der Waals surface area contributed by atoms with E-state index in [1.807, 2.05) is 0 Å². The third kappa shape index (κ3) is 1.94. The molecule has 0 bridgehead atoms. The van der Waals surface area contributed by atoms with Crippen LogP contribution < -0.4 is 5.32 Å². The molecule has 1 N–H and O–H groups in total. The summed E-state index contributed by atoms with van der Waals surface area (Å²) in [7, 11) is 0. The molecule has 2 aliphatic carbocycles. The van der Waals surface area contributed by atoms with E-state index in [2.05, 4.69) is 34.1 Å². The predicted octanol–water partition coefficient (Wildman–Crippen LogP) is 3.96. The lowest BCUT2D eigenvalue weighted by Gasteiger charge is -2.24. The molecule has 110 valence electrons. The number of hydrogen-bond donors (Lipinski definition) is 1. The monoisotopic (exact) mass is 281 g/mol. The second kappa shape index (κ2) is 4.57. The van der Waals surface area contributed by atoms with Crippen LogP contribution in [0.4, 0.5) is 0 Å². The zero-order valence-corrected chi connectivity index (χ0v) is 12.5. The normalized spacial score (nSPS) is 32.5. The van der Waals surface area contributed by atoms with Crippen LogP contribution in [-0.4, -0.2) is 15.6 Å². The summed E-state index contributed by atoms with van der Waals surface area (Å²) in [5, 5.41) is 3.91. The first-order chi connectivity index (χ1) is 10.4. The first-order valence-electron chi connectivity index (χ1n) is 8.63. The van der Waals surface area contributed by atoms with Gasteiger partial charge in [0.2, 0.25) is 0 Å². The van der Waals surface area contributed by atoms with Crippen LogP contribution in [0.5, 0.6) is 0 Å². The molecular weight excluding hydrogens is 258 g/mol. The fourth-order valence-corrected chi connectivity index (χ4v) is 4.54. The van der Waals surface area contributed by atoms with Gasteiger partial charge < -0.3 is 9.88 Å². The van der Waals surface area contributed by atoms with Crippen LogP contribution in [0.15, 0.2) is 24.3 Å². The largest absolute Gasteiger partial charge is 0.324 e. The van der Waals surface area contributed by atoms with E-state index in [9.17, 15) is 0 Å².